The number of anilines is 1. The van der Waals surface area contributed by atoms with Crippen LogP contribution >= 0.6 is 0 Å². The predicted octanol–water partition coefficient (Wildman–Crippen LogP) is 3.03. The molecule has 25 heavy (non-hydrogen) atoms. The highest BCUT2D eigenvalue weighted by atomic mass is 19.1. The molecule has 1 aromatic heterocycles. The van der Waals surface area contributed by atoms with Gasteiger partial charge < -0.3 is 10.6 Å². The lowest BCUT2D eigenvalue weighted by molar-refractivity contribution is -0.110. The Labute approximate surface area is 144 Å². The molecular formula is C18H18F2N4O. The summed E-state index contributed by atoms with van der Waals surface area (Å²) in [4.78, 5) is 15.9. The Balaban J connectivity index is 1.97. The number of pyridine rings is 1. The van der Waals surface area contributed by atoms with E-state index in [9.17, 15) is 13.6 Å². The second-order valence-electron chi connectivity index (χ2n) is 5.26. The van der Waals surface area contributed by atoms with Crippen LogP contribution in [0.1, 0.15) is 18.1 Å². The number of benzene rings is 1. The fourth-order valence-corrected chi connectivity index (χ4v) is 2.07. The van der Waals surface area contributed by atoms with E-state index in [1.54, 1.807) is 12.1 Å². The Hall–Kier alpha value is -3.09. The van der Waals surface area contributed by atoms with Crippen LogP contribution in [0.2, 0.25) is 0 Å². The number of halogens is 2. The van der Waals surface area contributed by atoms with E-state index in [1.165, 1.54) is 30.6 Å². The van der Waals surface area contributed by atoms with Crippen molar-refractivity contribution in [3.05, 3.63) is 71.6 Å². The van der Waals surface area contributed by atoms with Crippen molar-refractivity contribution in [2.45, 2.75) is 13.3 Å². The van der Waals surface area contributed by atoms with Gasteiger partial charge in [-0.15, -0.1) is 0 Å². The first-order valence-electron chi connectivity index (χ1n) is 7.67. The third kappa shape index (κ3) is 5.80. The Morgan fingerprint density at radius 3 is 2.52 bits per heavy atom. The molecule has 0 saturated carbocycles. The topological polar surface area (TPSA) is 77.9 Å². The lowest BCUT2D eigenvalue weighted by Gasteiger charge is -2.06. The molecule has 0 radical (unpaired) electrons. The number of carbonyl (C=O) groups excluding carboxylic acids is 1. The zero-order chi connectivity index (χ0) is 18.2. The normalized spacial score (nSPS) is 10.7. The monoisotopic (exact) mass is 344 g/mol. The fourth-order valence-electron chi connectivity index (χ4n) is 2.07. The summed E-state index contributed by atoms with van der Waals surface area (Å²) in [7, 11) is 0. The molecule has 0 aliphatic carbocycles. The van der Waals surface area contributed by atoms with Crippen LogP contribution in [-0.4, -0.2) is 23.1 Å². The van der Waals surface area contributed by atoms with Crippen LogP contribution in [0.15, 0.2) is 48.8 Å². The van der Waals surface area contributed by atoms with E-state index in [0.29, 0.717) is 24.3 Å². The number of amides is 1. The fraction of sp³-hybridized carbons (Fsp3) is 0.167. The van der Waals surface area contributed by atoms with Gasteiger partial charge >= 0.3 is 0 Å². The first-order valence-corrected chi connectivity index (χ1v) is 7.67. The van der Waals surface area contributed by atoms with Gasteiger partial charge in [0.25, 0.3) is 5.91 Å². The summed E-state index contributed by atoms with van der Waals surface area (Å²) in [5.74, 6) is -1.55. The highest BCUT2D eigenvalue weighted by Crippen LogP contribution is 2.14. The first kappa shape index (κ1) is 18.3. The van der Waals surface area contributed by atoms with Gasteiger partial charge in [0, 0.05) is 18.8 Å². The highest BCUT2D eigenvalue weighted by Gasteiger charge is 2.08. The maximum Gasteiger partial charge on any atom is 0.274 e. The van der Waals surface area contributed by atoms with Gasteiger partial charge in [-0.3, -0.25) is 10.2 Å². The van der Waals surface area contributed by atoms with Gasteiger partial charge in [0.05, 0.1) is 0 Å². The second kappa shape index (κ2) is 8.68. The van der Waals surface area contributed by atoms with Crippen molar-refractivity contribution in [2.24, 2.45) is 0 Å². The number of aromatic nitrogens is 1. The van der Waals surface area contributed by atoms with E-state index >= 15 is 0 Å². The average Bonchev–Trinajstić information content (AvgIpc) is 2.56. The molecule has 2 rings (SSSR count). The number of nitrogens with one attached hydrogen (secondary N) is 3. The van der Waals surface area contributed by atoms with Gasteiger partial charge in [-0.1, -0.05) is 6.07 Å². The minimum absolute atomic E-state index is 0.206. The van der Waals surface area contributed by atoms with Crippen molar-refractivity contribution in [1.29, 1.82) is 5.41 Å². The van der Waals surface area contributed by atoms with Gasteiger partial charge in [-0.05, 0) is 54.9 Å². The number of nitrogens with zero attached hydrogens (tertiary/aromatic N) is 1. The summed E-state index contributed by atoms with van der Waals surface area (Å²) < 4.78 is 26.4. The lowest BCUT2D eigenvalue weighted by Crippen LogP contribution is -2.21. The van der Waals surface area contributed by atoms with Crippen molar-refractivity contribution >= 4 is 17.4 Å². The summed E-state index contributed by atoms with van der Waals surface area (Å²) in [5, 5.41) is 13.0. The smallest absolute Gasteiger partial charge is 0.274 e. The summed E-state index contributed by atoms with van der Waals surface area (Å²) in [6.45, 7) is 2.60. The molecule has 130 valence electrons. The van der Waals surface area contributed by atoms with E-state index in [-0.39, 0.29) is 5.71 Å². The number of rotatable bonds is 7. The van der Waals surface area contributed by atoms with Crippen molar-refractivity contribution in [3.8, 4) is 0 Å². The molecular weight excluding hydrogens is 326 g/mol. The summed E-state index contributed by atoms with van der Waals surface area (Å²) in [5.41, 5.74) is 1.03. The second-order valence-corrected chi connectivity index (χ2v) is 5.26. The van der Waals surface area contributed by atoms with Crippen molar-refractivity contribution in [2.75, 3.05) is 11.9 Å². The molecule has 1 heterocycles. The van der Waals surface area contributed by atoms with Gasteiger partial charge in [-0.2, -0.15) is 0 Å². The van der Waals surface area contributed by atoms with E-state index in [0.717, 1.165) is 11.6 Å². The first-order chi connectivity index (χ1) is 12.0. The van der Waals surface area contributed by atoms with E-state index < -0.39 is 17.5 Å². The molecule has 0 fully saturated rings. The molecule has 0 aliphatic rings. The Bertz CT molecular complexity index is 768. The van der Waals surface area contributed by atoms with Gasteiger partial charge in [0.2, 0.25) is 0 Å². The quantitative estimate of drug-likeness (QED) is 0.676. The molecule has 1 aromatic carbocycles. The van der Waals surface area contributed by atoms with Crippen molar-refractivity contribution in [3.63, 3.8) is 0 Å². The van der Waals surface area contributed by atoms with Crippen LogP contribution in [0.3, 0.4) is 0 Å². The highest BCUT2D eigenvalue weighted by molar-refractivity contribution is 6.45. The van der Waals surface area contributed by atoms with E-state index in [1.807, 2.05) is 6.92 Å². The summed E-state index contributed by atoms with van der Waals surface area (Å²) in [6.07, 6.45) is 4.70. The van der Waals surface area contributed by atoms with Crippen molar-refractivity contribution in [1.82, 2.24) is 10.3 Å². The zero-order valence-electron chi connectivity index (χ0n) is 13.6. The largest absolute Gasteiger partial charge is 0.391 e. The Morgan fingerprint density at radius 2 is 1.92 bits per heavy atom. The molecule has 0 aliphatic heterocycles. The standard InChI is InChI=1S/C18H18F2N4O/c1-2-22-6-5-16(21)18(25)24-17-4-3-12(11-23-17)7-13-8-14(19)10-15(20)9-13/h3-6,8-11,21-22H,2,7H2,1H3,(H,23,24,25)/b6-5-,21-16?. The van der Waals surface area contributed by atoms with E-state index in [2.05, 4.69) is 15.6 Å². The number of carbonyl (C=O) groups is 1. The molecule has 5 nitrogen and oxygen atoms in total. The summed E-state index contributed by atoms with van der Waals surface area (Å²) >= 11 is 0. The van der Waals surface area contributed by atoms with Crippen LogP contribution in [-0.2, 0) is 11.2 Å². The summed E-state index contributed by atoms with van der Waals surface area (Å²) in [6, 6.07) is 6.61. The minimum Gasteiger partial charge on any atom is -0.391 e. The third-order valence-corrected chi connectivity index (χ3v) is 3.21. The van der Waals surface area contributed by atoms with Crippen LogP contribution in [0.4, 0.5) is 14.6 Å². The number of hydrogen-bond donors (Lipinski definition) is 3. The van der Waals surface area contributed by atoms with Crippen LogP contribution < -0.4 is 10.6 Å². The maximum absolute atomic E-state index is 13.2. The molecule has 2 aromatic rings. The van der Waals surface area contributed by atoms with Crippen molar-refractivity contribution < 1.29 is 13.6 Å². The molecule has 0 unspecified atom stereocenters. The van der Waals surface area contributed by atoms with Crippen LogP contribution in [0.5, 0.6) is 0 Å². The Morgan fingerprint density at radius 1 is 1.20 bits per heavy atom. The SMILES string of the molecule is CCN/C=C\C(=N)C(=O)Nc1ccc(Cc2cc(F)cc(F)c2)cn1. The van der Waals surface area contributed by atoms with Crippen LogP contribution in [0.25, 0.3) is 0 Å². The molecule has 0 atom stereocenters. The molecule has 3 N–H and O–H groups in total. The Kier molecular flexibility index (Phi) is 6.33. The predicted molar refractivity (Wildman–Crippen MR) is 92.6 cm³/mol. The van der Waals surface area contributed by atoms with Gasteiger partial charge in [-0.25, -0.2) is 13.8 Å². The van der Waals surface area contributed by atoms with Gasteiger partial charge in [0.15, 0.2) is 0 Å². The number of hydrogen-bond acceptors (Lipinski definition) is 4. The zero-order valence-corrected chi connectivity index (χ0v) is 13.6. The molecule has 1 amide bonds. The molecule has 0 saturated heterocycles. The molecule has 0 bridgehead atoms. The third-order valence-electron chi connectivity index (χ3n) is 3.21. The molecule has 0 spiro atoms. The van der Waals surface area contributed by atoms with E-state index in [4.69, 9.17) is 5.41 Å². The lowest BCUT2D eigenvalue weighted by atomic mass is 10.1. The average molecular weight is 344 g/mol. The minimum atomic E-state index is -0.629. The maximum atomic E-state index is 13.2. The molecule has 7 heteroatoms. The van der Waals surface area contributed by atoms with Gasteiger partial charge in [0.1, 0.15) is 23.2 Å². The van der Waals surface area contributed by atoms with Crippen LogP contribution in [0, 0.1) is 17.0 Å².